The van der Waals surface area contributed by atoms with Crippen LogP contribution >= 0.6 is 23.2 Å². The van der Waals surface area contributed by atoms with Crippen LogP contribution in [0.15, 0.2) is 18.2 Å². The summed E-state index contributed by atoms with van der Waals surface area (Å²) in [5.74, 6) is 4.89. The molecule has 5 heteroatoms. The summed E-state index contributed by atoms with van der Waals surface area (Å²) >= 11 is 11.6. The number of hydrogen-bond acceptors (Lipinski definition) is 3. The normalized spacial score (nSPS) is 18.2. The van der Waals surface area contributed by atoms with E-state index in [0.29, 0.717) is 15.6 Å². The fraction of sp³-hybridized carbons (Fsp3) is 0.400. The molecule has 106 valence electrons. The van der Waals surface area contributed by atoms with Crippen molar-refractivity contribution in [3.05, 3.63) is 33.8 Å². The molecular weight excluding hydrogens is 299 g/mol. The maximum absolute atomic E-state index is 11.8. The number of hydrogen-bond donors (Lipinski definition) is 0. The predicted molar refractivity (Wildman–Crippen MR) is 78.1 cm³/mol. The molecule has 0 aliphatic carbocycles. The minimum atomic E-state index is -0.309. The van der Waals surface area contributed by atoms with Crippen molar-refractivity contribution >= 4 is 29.0 Å². The van der Waals surface area contributed by atoms with Crippen LogP contribution in [0, 0.1) is 11.8 Å². The van der Waals surface area contributed by atoms with Crippen molar-refractivity contribution in [2.24, 2.45) is 0 Å². The smallest absolute Gasteiger partial charge is 0.236 e. The van der Waals surface area contributed by atoms with E-state index in [2.05, 4.69) is 11.8 Å². The van der Waals surface area contributed by atoms with E-state index >= 15 is 0 Å². The molecule has 1 aliphatic rings. The topological polar surface area (TPSA) is 35.5 Å². The summed E-state index contributed by atoms with van der Waals surface area (Å²) in [7, 11) is 0. The van der Waals surface area contributed by atoms with Crippen LogP contribution in [-0.2, 0) is 9.47 Å². The molecule has 1 saturated heterocycles. The quantitative estimate of drug-likeness (QED) is 0.485. The second-order valence-electron chi connectivity index (χ2n) is 4.37. The lowest BCUT2D eigenvalue weighted by Gasteiger charge is -2.21. The molecule has 1 heterocycles. The average Bonchev–Trinajstić information content (AvgIpc) is 2.47. The monoisotopic (exact) mass is 312 g/mol. The van der Waals surface area contributed by atoms with Gasteiger partial charge in [0.1, 0.15) is 6.61 Å². The van der Waals surface area contributed by atoms with Gasteiger partial charge < -0.3 is 9.47 Å². The van der Waals surface area contributed by atoms with E-state index in [0.717, 1.165) is 25.9 Å². The first-order valence-electron chi connectivity index (χ1n) is 6.38. The fourth-order valence-electron chi connectivity index (χ4n) is 1.80. The van der Waals surface area contributed by atoms with Crippen LogP contribution in [0.1, 0.15) is 29.6 Å². The Labute approximate surface area is 128 Å². The van der Waals surface area contributed by atoms with Gasteiger partial charge in [0.25, 0.3) is 0 Å². The Morgan fingerprint density at radius 2 is 2.20 bits per heavy atom. The first kappa shape index (κ1) is 15.3. The maximum atomic E-state index is 11.8. The van der Waals surface area contributed by atoms with Crippen LogP contribution in [0.4, 0.5) is 0 Å². The van der Waals surface area contributed by atoms with Gasteiger partial charge in [-0.25, -0.2) is 0 Å². The molecule has 1 aromatic carbocycles. The van der Waals surface area contributed by atoms with Crippen LogP contribution in [0.2, 0.25) is 10.0 Å². The number of carbonyl (C=O) groups excluding carboxylic acids is 1. The van der Waals surface area contributed by atoms with Gasteiger partial charge in [0.2, 0.25) is 5.78 Å². The molecule has 1 aromatic rings. The molecule has 1 fully saturated rings. The van der Waals surface area contributed by atoms with E-state index in [1.807, 2.05) is 0 Å². The van der Waals surface area contributed by atoms with Gasteiger partial charge in [-0.05, 0) is 43.4 Å². The van der Waals surface area contributed by atoms with Gasteiger partial charge in [-0.2, -0.15) is 0 Å². The molecule has 1 atom stereocenters. The zero-order valence-electron chi connectivity index (χ0n) is 10.8. The minimum absolute atomic E-state index is 0.178. The van der Waals surface area contributed by atoms with E-state index < -0.39 is 0 Å². The number of halogens is 2. The highest BCUT2D eigenvalue weighted by Gasteiger charge is 2.13. The molecule has 1 aliphatic heterocycles. The van der Waals surface area contributed by atoms with Crippen LogP contribution in [0.5, 0.6) is 0 Å². The molecule has 2 rings (SSSR count). The van der Waals surface area contributed by atoms with Gasteiger partial charge in [-0.3, -0.25) is 4.79 Å². The van der Waals surface area contributed by atoms with Crippen molar-refractivity contribution in [2.75, 3.05) is 13.2 Å². The summed E-state index contributed by atoms with van der Waals surface area (Å²) in [5.41, 5.74) is 0.417. The van der Waals surface area contributed by atoms with E-state index in [4.69, 9.17) is 32.7 Å². The van der Waals surface area contributed by atoms with Crippen molar-refractivity contribution in [2.45, 2.75) is 25.6 Å². The Morgan fingerprint density at radius 1 is 1.35 bits per heavy atom. The lowest BCUT2D eigenvalue weighted by Crippen LogP contribution is -2.22. The minimum Gasteiger partial charge on any atom is -0.353 e. The Bertz CT molecular complexity index is 540. The van der Waals surface area contributed by atoms with Crippen LogP contribution in [-0.4, -0.2) is 25.3 Å². The van der Waals surface area contributed by atoms with Crippen molar-refractivity contribution in [1.29, 1.82) is 0 Å². The van der Waals surface area contributed by atoms with Gasteiger partial charge in [-0.1, -0.05) is 29.1 Å². The van der Waals surface area contributed by atoms with E-state index in [-0.39, 0.29) is 18.7 Å². The largest absolute Gasteiger partial charge is 0.353 e. The molecule has 0 aromatic heterocycles. The molecule has 0 N–H and O–H groups in total. The zero-order chi connectivity index (χ0) is 14.4. The predicted octanol–water partition coefficient (Wildman–Crippen LogP) is 3.72. The lowest BCUT2D eigenvalue weighted by molar-refractivity contribution is -0.154. The Kier molecular flexibility index (Phi) is 5.87. The zero-order valence-corrected chi connectivity index (χ0v) is 12.3. The summed E-state index contributed by atoms with van der Waals surface area (Å²) < 4.78 is 10.8. The van der Waals surface area contributed by atoms with Crippen molar-refractivity contribution in [3.63, 3.8) is 0 Å². The average molecular weight is 313 g/mol. The molecule has 3 nitrogen and oxygen atoms in total. The molecule has 20 heavy (non-hydrogen) atoms. The standard InChI is InChI=1S/C15H14Cl2O3/c16-12-7-6-11(10-13(12)17)14(18)4-3-9-20-15-5-1-2-8-19-15/h6-7,10,15H,1-2,5,8-9H2. The number of Topliss-reactive ketones (excluding diaryl/α,β-unsaturated/α-hetero) is 1. The molecule has 0 saturated carbocycles. The summed E-state index contributed by atoms with van der Waals surface area (Å²) in [6.45, 7) is 0.901. The van der Waals surface area contributed by atoms with Crippen LogP contribution in [0.3, 0.4) is 0 Å². The third-order valence-electron chi connectivity index (χ3n) is 2.86. The number of ether oxygens (including phenoxy) is 2. The number of carbonyl (C=O) groups is 1. The van der Waals surface area contributed by atoms with Crippen LogP contribution in [0.25, 0.3) is 0 Å². The lowest BCUT2D eigenvalue weighted by atomic mass is 10.1. The third kappa shape index (κ3) is 4.50. The molecule has 1 unspecified atom stereocenters. The fourth-order valence-corrected chi connectivity index (χ4v) is 2.10. The number of ketones is 1. The summed E-state index contributed by atoms with van der Waals surface area (Å²) in [6.07, 6.45) is 2.85. The highest BCUT2D eigenvalue weighted by atomic mass is 35.5. The maximum Gasteiger partial charge on any atom is 0.236 e. The number of benzene rings is 1. The Hall–Kier alpha value is -1.05. The van der Waals surface area contributed by atoms with Crippen molar-refractivity contribution < 1.29 is 14.3 Å². The highest BCUT2D eigenvalue weighted by molar-refractivity contribution is 6.42. The van der Waals surface area contributed by atoms with Crippen molar-refractivity contribution in [3.8, 4) is 11.8 Å². The van der Waals surface area contributed by atoms with Gasteiger partial charge >= 0.3 is 0 Å². The van der Waals surface area contributed by atoms with Crippen LogP contribution < -0.4 is 0 Å². The molecular formula is C15H14Cl2O3. The van der Waals surface area contributed by atoms with Gasteiger partial charge in [0.15, 0.2) is 6.29 Å². The molecule has 0 radical (unpaired) electrons. The highest BCUT2D eigenvalue weighted by Crippen LogP contribution is 2.22. The van der Waals surface area contributed by atoms with Gasteiger partial charge in [0.05, 0.1) is 10.0 Å². The summed E-state index contributed by atoms with van der Waals surface area (Å²) in [4.78, 5) is 11.8. The first-order valence-corrected chi connectivity index (χ1v) is 7.14. The summed E-state index contributed by atoms with van der Waals surface area (Å²) in [6, 6.07) is 4.67. The molecule has 0 spiro atoms. The molecule has 0 bridgehead atoms. The second kappa shape index (κ2) is 7.66. The van der Waals surface area contributed by atoms with Gasteiger partial charge in [0, 0.05) is 12.2 Å². The Balaban J connectivity index is 1.84. The van der Waals surface area contributed by atoms with E-state index in [1.165, 1.54) is 6.07 Å². The van der Waals surface area contributed by atoms with Gasteiger partial charge in [-0.15, -0.1) is 0 Å². The van der Waals surface area contributed by atoms with Crippen molar-refractivity contribution in [1.82, 2.24) is 0 Å². The second-order valence-corrected chi connectivity index (χ2v) is 5.18. The Morgan fingerprint density at radius 3 is 2.90 bits per heavy atom. The summed E-state index contributed by atoms with van der Waals surface area (Å²) in [5, 5.41) is 0.750. The van der Waals surface area contributed by atoms with E-state index in [9.17, 15) is 4.79 Å². The third-order valence-corrected chi connectivity index (χ3v) is 3.60. The van der Waals surface area contributed by atoms with E-state index in [1.54, 1.807) is 12.1 Å². The number of rotatable bonds is 3. The molecule has 0 amide bonds. The SMILES string of the molecule is O=C(C#CCOC1CCCCO1)c1ccc(Cl)c(Cl)c1. The first-order chi connectivity index (χ1) is 9.66.